The molecule has 0 aliphatic rings. The number of aromatic nitrogens is 1. The molecule has 0 unspecified atom stereocenters. The molecule has 0 aliphatic carbocycles. The Labute approximate surface area is 149 Å². The average Bonchev–Trinajstić information content (AvgIpc) is 2.63. The van der Waals surface area contributed by atoms with Crippen LogP contribution in [0, 0.1) is 6.92 Å². The van der Waals surface area contributed by atoms with Gasteiger partial charge in [-0.15, -0.1) is 0 Å². The molecule has 0 saturated carbocycles. The van der Waals surface area contributed by atoms with Crippen molar-refractivity contribution in [3.63, 3.8) is 0 Å². The minimum absolute atomic E-state index is 0.484. The summed E-state index contributed by atoms with van der Waals surface area (Å²) in [5, 5.41) is 6.57. The molecular weight excluding hydrogens is 312 g/mol. The number of hydrogen-bond acceptors (Lipinski definition) is 3. The van der Waals surface area contributed by atoms with E-state index >= 15 is 0 Å². The van der Waals surface area contributed by atoms with Crippen LogP contribution >= 0.6 is 0 Å². The fourth-order valence-corrected chi connectivity index (χ4v) is 2.30. The third-order valence-electron chi connectivity index (χ3n) is 3.46. The molecule has 0 saturated heterocycles. The number of aliphatic imine (C=N–C) groups is 1. The van der Waals surface area contributed by atoms with Crippen LogP contribution in [0.5, 0.6) is 5.75 Å². The van der Waals surface area contributed by atoms with Crippen molar-refractivity contribution in [1.29, 1.82) is 0 Å². The van der Waals surface area contributed by atoms with Gasteiger partial charge in [-0.25, -0.2) is 4.99 Å². The molecule has 1 aromatic carbocycles. The van der Waals surface area contributed by atoms with Crippen molar-refractivity contribution in [2.75, 3.05) is 13.2 Å². The maximum Gasteiger partial charge on any atom is 0.191 e. The Morgan fingerprint density at radius 3 is 2.80 bits per heavy atom. The molecular formula is C20H26N4O. The van der Waals surface area contributed by atoms with E-state index in [0.29, 0.717) is 19.7 Å². The number of aryl methyl sites for hydroxylation is 1. The van der Waals surface area contributed by atoms with Gasteiger partial charge in [0.15, 0.2) is 5.96 Å². The molecule has 2 aromatic rings. The van der Waals surface area contributed by atoms with Crippen molar-refractivity contribution in [2.45, 2.75) is 26.9 Å². The first kappa shape index (κ1) is 18.5. The van der Waals surface area contributed by atoms with Gasteiger partial charge < -0.3 is 15.4 Å². The zero-order valence-corrected chi connectivity index (χ0v) is 15.0. The molecule has 0 bridgehead atoms. The summed E-state index contributed by atoms with van der Waals surface area (Å²) in [6, 6.07) is 13.9. The third kappa shape index (κ3) is 6.30. The van der Waals surface area contributed by atoms with Crippen molar-refractivity contribution in [3.05, 3.63) is 72.1 Å². The van der Waals surface area contributed by atoms with Crippen LogP contribution in [0.3, 0.4) is 0 Å². The van der Waals surface area contributed by atoms with Gasteiger partial charge in [0, 0.05) is 17.8 Å². The normalized spacial score (nSPS) is 11.0. The van der Waals surface area contributed by atoms with Gasteiger partial charge in [-0.05, 0) is 32.0 Å². The summed E-state index contributed by atoms with van der Waals surface area (Å²) in [7, 11) is 0. The number of guanidine groups is 1. The largest absolute Gasteiger partial charge is 0.489 e. The molecule has 1 heterocycles. The summed E-state index contributed by atoms with van der Waals surface area (Å²) in [4.78, 5) is 9.15. The van der Waals surface area contributed by atoms with Crippen LogP contribution in [0.25, 0.3) is 0 Å². The van der Waals surface area contributed by atoms with Gasteiger partial charge in [0.05, 0.1) is 18.8 Å². The highest BCUT2D eigenvalue weighted by atomic mass is 16.5. The van der Waals surface area contributed by atoms with Crippen LogP contribution in [-0.4, -0.2) is 24.1 Å². The fourth-order valence-electron chi connectivity index (χ4n) is 2.30. The van der Waals surface area contributed by atoms with E-state index in [4.69, 9.17) is 4.74 Å². The maximum absolute atomic E-state index is 5.68. The van der Waals surface area contributed by atoms with Gasteiger partial charge in [-0.2, -0.15) is 0 Å². The summed E-state index contributed by atoms with van der Waals surface area (Å²) in [6.07, 6.45) is 1.74. The highest BCUT2D eigenvalue weighted by Crippen LogP contribution is 2.18. The lowest BCUT2D eigenvalue weighted by Crippen LogP contribution is -2.37. The van der Waals surface area contributed by atoms with Crippen LogP contribution in [0.2, 0.25) is 0 Å². The second-order valence-electron chi connectivity index (χ2n) is 5.53. The molecule has 5 nitrogen and oxygen atoms in total. The molecule has 0 aliphatic heterocycles. The lowest BCUT2D eigenvalue weighted by molar-refractivity contribution is 0.359. The lowest BCUT2D eigenvalue weighted by Gasteiger charge is -2.12. The maximum atomic E-state index is 5.68. The number of rotatable bonds is 8. The van der Waals surface area contributed by atoms with Crippen molar-refractivity contribution >= 4 is 5.96 Å². The molecule has 2 N–H and O–H groups in total. The quantitative estimate of drug-likeness (QED) is 0.441. The zero-order chi connectivity index (χ0) is 17.9. The van der Waals surface area contributed by atoms with Crippen LogP contribution in [0.1, 0.15) is 23.9 Å². The van der Waals surface area contributed by atoms with E-state index in [2.05, 4.69) is 27.2 Å². The Hall–Kier alpha value is -2.82. The van der Waals surface area contributed by atoms with E-state index in [0.717, 1.165) is 35.2 Å². The first-order valence-corrected chi connectivity index (χ1v) is 8.49. The van der Waals surface area contributed by atoms with E-state index in [9.17, 15) is 0 Å². The third-order valence-corrected chi connectivity index (χ3v) is 3.46. The van der Waals surface area contributed by atoms with Gasteiger partial charge >= 0.3 is 0 Å². The van der Waals surface area contributed by atoms with Crippen LogP contribution < -0.4 is 15.4 Å². The predicted molar refractivity (Wildman–Crippen MR) is 103 cm³/mol. The molecule has 0 atom stereocenters. The van der Waals surface area contributed by atoms with Gasteiger partial charge in [0.2, 0.25) is 0 Å². The number of hydrogen-bond donors (Lipinski definition) is 2. The van der Waals surface area contributed by atoms with E-state index in [1.165, 1.54) is 0 Å². The first-order valence-electron chi connectivity index (χ1n) is 8.49. The summed E-state index contributed by atoms with van der Waals surface area (Å²) >= 11 is 0. The van der Waals surface area contributed by atoms with Gasteiger partial charge in [0.1, 0.15) is 12.4 Å². The molecule has 5 heteroatoms. The number of nitrogens with zero attached hydrogens (tertiary/aromatic N) is 2. The topological polar surface area (TPSA) is 58.5 Å². The van der Waals surface area contributed by atoms with E-state index < -0.39 is 0 Å². The van der Waals surface area contributed by atoms with Crippen molar-refractivity contribution in [1.82, 2.24) is 15.6 Å². The molecule has 2 rings (SSSR count). The Morgan fingerprint density at radius 2 is 2.04 bits per heavy atom. The molecule has 1 aromatic heterocycles. The molecule has 0 spiro atoms. The number of pyridine rings is 1. The standard InChI is InChI=1S/C20H26N4O/c1-4-13-25-19-12-7-6-10-17(19)14-22-20(21-5-2)23-15-18-11-8-9-16(3)24-18/h4,6-12H,1,5,13-15H2,2-3H3,(H2,21,22,23). The van der Waals surface area contributed by atoms with Gasteiger partial charge in [0.25, 0.3) is 0 Å². The SMILES string of the molecule is C=CCOc1ccccc1CN=C(NCC)NCc1cccc(C)n1. The molecule has 0 fully saturated rings. The van der Waals surface area contributed by atoms with Crippen molar-refractivity contribution in [3.8, 4) is 5.75 Å². The molecule has 132 valence electrons. The van der Waals surface area contributed by atoms with Crippen molar-refractivity contribution in [2.24, 2.45) is 4.99 Å². The van der Waals surface area contributed by atoms with E-state index in [-0.39, 0.29) is 0 Å². The number of benzene rings is 1. The molecule has 0 amide bonds. The minimum atomic E-state index is 0.484. The average molecular weight is 338 g/mol. The summed E-state index contributed by atoms with van der Waals surface area (Å²) in [6.45, 7) is 10.2. The summed E-state index contributed by atoms with van der Waals surface area (Å²) in [5.74, 6) is 1.59. The Morgan fingerprint density at radius 1 is 1.20 bits per heavy atom. The summed E-state index contributed by atoms with van der Waals surface area (Å²) in [5.41, 5.74) is 3.03. The summed E-state index contributed by atoms with van der Waals surface area (Å²) < 4.78 is 5.68. The van der Waals surface area contributed by atoms with Crippen LogP contribution in [-0.2, 0) is 13.1 Å². The number of para-hydroxylation sites is 1. The smallest absolute Gasteiger partial charge is 0.191 e. The van der Waals surface area contributed by atoms with Gasteiger partial charge in [-0.1, -0.05) is 36.9 Å². The monoisotopic (exact) mass is 338 g/mol. The Kier molecular flexibility index (Phi) is 7.50. The number of ether oxygens (including phenoxy) is 1. The van der Waals surface area contributed by atoms with E-state index in [1.807, 2.05) is 56.3 Å². The number of nitrogens with one attached hydrogen (secondary N) is 2. The first-order chi connectivity index (χ1) is 12.2. The Bertz CT molecular complexity index is 712. The van der Waals surface area contributed by atoms with Crippen LogP contribution in [0.15, 0.2) is 60.1 Å². The van der Waals surface area contributed by atoms with Crippen LogP contribution in [0.4, 0.5) is 0 Å². The fraction of sp³-hybridized carbons (Fsp3) is 0.300. The highest BCUT2D eigenvalue weighted by Gasteiger charge is 2.04. The predicted octanol–water partition coefficient (Wildman–Crippen LogP) is 3.21. The second-order valence-corrected chi connectivity index (χ2v) is 5.53. The zero-order valence-electron chi connectivity index (χ0n) is 15.0. The highest BCUT2D eigenvalue weighted by molar-refractivity contribution is 5.79. The van der Waals surface area contributed by atoms with E-state index in [1.54, 1.807) is 6.08 Å². The lowest BCUT2D eigenvalue weighted by atomic mass is 10.2. The second kappa shape index (κ2) is 10.1. The van der Waals surface area contributed by atoms with Gasteiger partial charge in [-0.3, -0.25) is 4.98 Å². The molecule has 0 radical (unpaired) electrons. The minimum Gasteiger partial charge on any atom is -0.489 e. The molecule has 25 heavy (non-hydrogen) atoms. The Balaban J connectivity index is 2.03. The van der Waals surface area contributed by atoms with Crippen molar-refractivity contribution < 1.29 is 4.74 Å².